The molecule has 0 aliphatic heterocycles. The molecule has 15 heavy (non-hydrogen) atoms. The largest absolute Gasteiger partial charge is 0.461 e. The Kier molecular flexibility index (Phi) is 6.41. The van der Waals surface area contributed by atoms with Crippen molar-refractivity contribution in [3.05, 3.63) is 0 Å². The van der Waals surface area contributed by atoms with Gasteiger partial charge in [0.15, 0.2) is 0 Å². The summed E-state index contributed by atoms with van der Waals surface area (Å²) in [6.45, 7) is 3.34. The van der Waals surface area contributed by atoms with Gasteiger partial charge in [0.1, 0.15) is 6.10 Å². The molecule has 0 saturated heterocycles. The monoisotopic (exact) mass is 213 g/mol. The summed E-state index contributed by atoms with van der Waals surface area (Å²) < 4.78 is 5.42. The third kappa shape index (κ3) is 5.78. The highest BCUT2D eigenvalue weighted by Gasteiger charge is 2.15. The van der Waals surface area contributed by atoms with Crippen LogP contribution in [0.5, 0.6) is 0 Å². The second-order valence-electron chi connectivity index (χ2n) is 4.28. The van der Waals surface area contributed by atoms with E-state index in [1.807, 2.05) is 0 Å². The highest BCUT2D eigenvalue weighted by Crippen LogP contribution is 2.19. The van der Waals surface area contributed by atoms with Crippen LogP contribution in [0.4, 0.5) is 0 Å². The summed E-state index contributed by atoms with van der Waals surface area (Å²) >= 11 is 0. The first-order valence-electron chi connectivity index (χ1n) is 6.23. The van der Waals surface area contributed by atoms with Crippen LogP contribution in [0.25, 0.3) is 0 Å². The fraction of sp³-hybridized carbons (Fsp3) is 0.917. The van der Waals surface area contributed by atoms with E-state index >= 15 is 0 Å². The van der Waals surface area contributed by atoms with E-state index in [4.69, 9.17) is 4.74 Å². The van der Waals surface area contributed by atoms with Crippen molar-refractivity contribution >= 4 is 5.97 Å². The number of esters is 1. The van der Waals surface area contributed by atoms with Gasteiger partial charge in [0.25, 0.3) is 0 Å². The van der Waals surface area contributed by atoms with Gasteiger partial charge in [0.05, 0.1) is 6.54 Å². The normalized spacial score (nSPS) is 18.5. The molecule has 0 spiro atoms. The molecule has 0 aromatic carbocycles. The summed E-state index contributed by atoms with van der Waals surface area (Å²) in [6.07, 6.45) is 8.35. The molecule has 1 rings (SSSR count). The van der Waals surface area contributed by atoms with Gasteiger partial charge < -0.3 is 10.1 Å². The van der Waals surface area contributed by atoms with Crippen LogP contribution in [-0.2, 0) is 9.53 Å². The van der Waals surface area contributed by atoms with Gasteiger partial charge in [-0.05, 0) is 38.6 Å². The first kappa shape index (κ1) is 12.5. The Morgan fingerprint density at radius 3 is 2.53 bits per heavy atom. The molecule has 0 atom stereocenters. The molecule has 0 aromatic rings. The lowest BCUT2D eigenvalue weighted by Gasteiger charge is -2.15. The van der Waals surface area contributed by atoms with Crippen molar-refractivity contribution < 1.29 is 9.53 Å². The van der Waals surface area contributed by atoms with Crippen LogP contribution in [0.2, 0.25) is 0 Å². The summed E-state index contributed by atoms with van der Waals surface area (Å²) in [5, 5.41) is 3.07. The van der Waals surface area contributed by atoms with Gasteiger partial charge in [0.2, 0.25) is 0 Å². The minimum atomic E-state index is -0.0876. The Labute approximate surface area is 92.6 Å². The number of ether oxygens (including phenoxy) is 1. The highest BCUT2D eigenvalue weighted by molar-refractivity contribution is 5.71. The molecule has 3 heteroatoms. The second kappa shape index (κ2) is 7.69. The van der Waals surface area contributed by atoms with E-state index in [2.05, 4.69) is 12.2 Å². The number of carbonyl (C=O) groups excluding carboxylic acids is 1. The van der Waals surface area contributed by atoms with E-state index in [0.29, 0.717) is 6.54 Å². The number of nitrogens with one attached hydrogen (secondary N) is 1. The molecule has 1 aliphatic rings. The van der Waals surface area contributed by atoms with Crippen molar-refractivity contribution in [2.24, 2.45) is 0 Å². The fourth-order valence-electron chi connectivity index (χ4n) is 1.95. The second-order valence-corrected chi connectivity index (χ2v) is 4.28. The van der Waals surface area contributed by atoms with E-state index in [9.17, 15) is 4.79 Å². The van der Waals surface area contributed by atoms with Crippen LogP contribution in [-0.4, -0.2) is 25.2 Å². The van der Waals surface area contributed by atoms with Gasteiger partial charge >= 0.3 is 5.97 Å². The van der Waals surface area contributed by atoms with Crippen LogP contribution in [0.1, 0.15) is 51.9 Å². The molecule has 1 aliphatic carbocycles. The molecule has 0 heterocycles. The number of hydrogen-bond acceptors (Lipinski definition) is 3. The molecule has 0 bridgehead atoms. The number of carbonyl (C=O) groups is 1. The summed E-state index contributed by atoms with van der Waals surface area (Å²) in [5.74, 6) is -0.0876. The topological polar surface area (TPSA) is 38.3 Å². The maximum Gasteiger partial charge on any atom is 0.320 e. The summed E-state index contributed by atoms with van der Waals surface area (Å²) in [6, 6.07) is 0. The van der Waals surface area contributed by atoms with E-state index in [0.717, 1.165) is 25.8 Å². The Hall–Kier alpha value is -0.570. The van der Waals surface area contributed by atoms with Gasteiger partial charge in [-0.2, -0.15) is 0 Å². The molecule has 1 saturated carbocycles. The molecule has 0 unspecified atom stereocenters. The Bertz CT molecular complexity index is 174. The molecule has 3 nitrogen and oxygen atoms in total. The maximum atomic E-state index is 11.4. The van der Waals surface area contributed by atoms with Gasteiger partial charge in [0, 0.05) is 0 Å². The molecule has 0 amide bonds. The van der Waals surface area contributed by atoms with Crippen LogP contribution in [0.15, 0.2) is 0 Å². The van der Waals surface area contributed by atoms with Crippen LogP contribution in [0.3, 0.4) is 0 Å². The van der Waals surface area contributed by atoms with E-state index in [-0.39, 0.29) is 12.1 Å². The third-order valence-electron chi connectivity index (χ3n) is 2.80. The average molecular weight is 213 g/mol. The first-order valence-corrected chi connectivity index (χ1v) is 6.23. The lowest BCUT2D eigenvalue weighted by molar-refractivity contribution is -0.148. The highest BCUT2D eigenvalue weighted by atomic mass is 16.5. The molecule has 1 fully saturated rings. The van der Waals surface area contributed by atoms with Crippen molar-refractivity contribution in [3.8, 4) is 0 Å². The van der Waals surface area contributed by atoms with E-state index in [1.54, 1.807) is 0 Å². The Morgan fingerprint density at radius 2 is 1.93 bits per heavy atom. The van der Waals surface area contributed by atoms with Crippen LogP contribution < -0.4 is 5.32 Å². The lowest BCUT2D eigenvalue weighted by atomic mass is 10.1. The predicted molar refractivity (Wildman–Crippen MR) is 60.7 cm³/mol. The molecule has 0 radical (unpaired) electrons. The molecule has 88 valence electrons. The minimum Gasteiger partial charge on any atom is -0.461 e. The zero-order valence-corrected chi connectivity index (χ0v) is 9.76. The Morgan fingerprint density at radius 1 is 1.27 bits per heavy atom. The zero-order chi connectivity index (χ0) is 10.9. The summed E-state index contributed by atoms with van der Waals surface area (Å²) in [4.78, 5) is 11.4. The summed E-state index contributed by atoms with van der Waals surface area (Å²) in [5.41, 5.74) is 0. The molecular formula is C12H23NO2. The fourth-order valence-corrected chi connectivity index (χ4v) is 1.95. The van der Waals surface area contributed by atoms with E-state index < -0.39 is 0 Å². The SMILES string of the molecule is CCCNCC(=O)OC1CCCCCC1. The van der Waals surface area contributed by atoms with Crippen LogP contribution in [0, 0.1) is 0 Å². The summed E-state index contributed by atoms with van der Waals surface area (Å²) in [7, 11) is 0. The van der Waals surface area contributed by atoms with E-state index in [1.165, 1.54) is 25.7 Å². The van der Waals surface area contributed by atoms with Crippen molar-refractivity contribution in [1.29, 1.82) is 0 Å². The predicted octanol–water partition coefficient (Wildman–Crippen LogP) is 2.25. The molecule has 0 aromatic heterocycles. The van der Waals surface area contributed by atoms with Crippen LogP contribution >= 0.6 is 0 Å². The van der Waals surface area contributed by atoms with Crippen molar-refractivity contribution in [2.75, 3.05) is 13.1 Å². The van der Waals surface area contributed by atoms with Gasteiger partial charge in [-0.3, -0.25) is 4.79 Å². The average Bonchev–Trinajstić information content (AvgIpc) is 2.47. The first-order chi connectivity index (χ1) is 7.33. The quantitative estimate of drug-likeness (QED) is 0.432. The molecular weight excluding hydrogens is 190 g/mol. The van der Waals surface area contributed by atoms with Crippen molar-refractivity contribution in [1.82, 2.24) is 5.32 Å². The number of hydrogen-bond donors (Lipinski definition) is 1. The third-order valence-corrected chi connectivity index (χ3v) is 2.80. The zero-order valence-electron chi connectivity index (χ0n) is 9.76. The van der Waals surface area contributed by atoms with Crippen molar-refractivity contribution in [2.45, 2.75) is 58.0 Å². The lowest BCUT2D eigenvalue weighted by Crippen LogP contribution is -2.28. The van der Waals surface area contributed by atoms with Gasteiger partial charge in [-0.15, -0.1) is 0 Å². The smallest absolute Gasteiger partial charge is 0.320 e. The molecule has 1 N–H and O–H groups in total. The minimum absolute atomic E-state index is 0.0876. The van der Waals surface area contributed by atoms with Gasteiger partial charge in [-0.25, -0.2) is 0 Å². The number of rotatable bonds is 5. The standard InChI is InChI=1S/C12H23NO2/c1-2-9-13-10-12(14)15-11-7-5-3-4-6-8-11/h11,13H,2-10H2,1H3. The maximum absolute atomic E-state index is 11.4. The Balaban J connectivity index is 2.12. The van der Waals surface area contributed by atoms with Crippen molar-refractivity contribution in [3.63, 3.8) is 0 Å². The van der Waals surface area contributed by atoms with Gasteiger partial charge in [-0.1, -0.05) is 19.8 Å².